The van der Waals surface area contributed by atoms with E-state index in [9.17, 15) is 43.5 Å². The molecule has 5 amide bonds. The molecule has 50 heavy (non-hydrogen) atoms. The van der Waals surface area contributed by atoms with Gasteiger partial charge in [0.25, 0.3) is 0 Å². The highest BCUT2D eigenvalue weighted by molar-refractivity contribution is 7.80. The largest absolute Gasteiger partial charge is 0.480 e. The molecule has 0 aliphatic carbocycles. The van der Waals surface area contributed by atoms with E-state index in [0.29, 0.717) is 6.42 Å². The SMILES string of the molecule is CC[C@H](NC(=O)[C@H](CCC(=O)OC)NC(=O)[C@@H](NC(=O)OCc1ccccc1)[C@@H](C)CC)C(=O)N[C@@H](CC(=O)OC)C(=O)N[C@H](CS)C(=O)O. The maximum Gasteiger partial charge on any atom is 0.408 e. The van der Waals surface area contributed by atoms with Gasteiger partial charge in [0.2, 0.25) is 23.6 Å². The van der Waals surface area contributed by atoms with Gasteiger partial charge in [-0.3, -0.25) is 28.8 Å². The van der Waals surface area contributed by atoms with Crippen molar-refractivity contribution in [2.45, 2.75) is 89.7 Å². The van der Waals surface area contributed by atoms with Crippen LogP contribution in [0.4, 0.5) is 4.79 Å². The molecular formula is C32H47N5O12S. The number of hydrogen-bond donors (Lipinski definition) is 7. The first-order chi connectivity index (χ1) is 23.7. The van der Waals surface area contributed by atoms with E-state index in [2.05, 4.69) is 48.7 Å². The molecule has 18 heteroatoms. The number of carboxylic acid groups (broad SMARTS) is 1. The first-order valence-corrected chi connectivity index (χ1v) is 16.5. The van der Waals surface area contributed by atoms with Crippen molar-refractivity contribution in [3.05, 3.63) is 35.9 Å². The van der Waals surface area contributed by atoms with E-state index >= 15 is 0 Å². The topological polar surface area (TPSA) is 245 Å². The van der Waals surface area contributed by atoms with Crippen LogP contribution in [0.2, 0.25) is 0 Å². The monoisotopic (exact) mass is 725 g/mol. The predicted molar refractivity (Wildman–Crippen MR) is 180 cm³/mol. The van der Waals surface area contributed by atoms with Gasteiger partial charge in [0.15, 0.2) is 0 Å². The van der Waals surface area contributed by atoms with E-state index in [1.807, 2.05) is 0 Å². The van der Waals surface area contributed by atoms with Gasteiger partial charge in [0.1, 0.15) is 36.8 Å². The second kappa shape index (κ2) is 22.7. The van der Waals surface area contributed by atoms with E-state index in [1.165, 1.54) is 6.92 Å². The average Bonchev–Trinajstić information content (AvgIpc) is 3.11. The maximum atomic E-state index is 13.5. The molecule has 0 spiro atoms. The normalized spacial score (nSPS) is 14.2. The van der Waals surface area contributed by atoms with Crippen molar-refractivity contribution in [1.29, 1.82) is 0 Å². The summed E-state index contributed by atoms with van der Waals surface area (Å²) in [5.74, 6) is -7.24. The Bertz CT molecular complexity index is 1330. The molecule has 6 atom stereocenters. The number of benzene rings is 1. The molecule has 0 fully saturated rings. The van der Waals surface area contributed by atoms with Crippen LogP contribution < -0.4 is 26.6 Å². The molecule has 0 aromatic heterocycles. The fourth-order valence-electron chi connectivity index (χ4n) is 4.30. The number of carboxylic acids is 1. The van der Waals surface area contributed by atoms with E-state index in [4.69, 9.17) is 4.74 Å². The molecule has 0 aliphatic rings. The zero-order chi connectivity index (χ0) is 37.8. The van der Waals surface area contributed by atoms with Gasteiger partial charge in [0, 0.05) is 12.2 Å². The number of alkyl carbamates (subject to hydrolysis) is 1. The van der Waals surface area contributed by atoms with Gasteiger partial charge in [-0.25, -0.2) is 9.59 Å². The molecule has 1 rings (SSSR count). The van der Waals surface area contributed by atoms with Crippen molar-refractivity contribution in [3.8, 4) is 0 Å². The first-order valence-electron chi connectivity index (χ1n) is 15.9. The fraction of sp³-hybridized carbons (Fsp3) is 0.562. The van der Waals surface area contributed by atoms with Gasteiger partial charge >= 0.3 is 24.0 Å². The molecule has 0 saturated carbocycles. The van der Waals surface area contributed by atoms with Crippen LogP contribution in [0.5, 0.6) is 0 Å². The molecule has 0 bridgehead atoms. The number of methoxy groups -OCH3 is 2. The lowest BCUT2D eigenvalue weighted by molar-refractivity contribution is -0.145. The number of rotatable bonds is 21. The van der Waals surface area contributed by atoms with Crippen LogP contribution in [0.1, 0.15) is 58.4 Å². The molecule has 0 unspecified atom stereocenters. The molecule has 17 nitrogen and oxygen atoms in total. The molecule has 0 radical (unpaired) electrons. The predicted octanol–water partition coefficient (Wildman–Crippen LogP) is 0.207. The summed E-state index contributed by atoms with van der Waals surface area (Å²) in [4.78, 5) is 101. The van der Waals surface area contributed by atoms with Crippen LogP contribution in [0.25, 0.3) is 0 Å². The number of carbonyl (C=O) groups excluding carboxylic acids is 7. The molecular weight excluding hydrogens is 678 g/mol. The Kier molecular flexibility index (Phi) is 19.6. The van der Waals surface area contributed by atoms with E-state index in [-0.39, 0.29) is 31.6 Å². The third-order valence-corrected chi connectivity index (χ3v) is 7.91. The lowest BCUT2D eigenvalue weighted by atomic mass is 9.97. The van der Waals surface area contributed by atoms with Gasteiger partial charge in [-0.1, -0.05) is 57.5 Å². The molecule has 6 N–H and O–H groups in total. The Balaban J connectivity index is 3.15. The van der Waals surface area contributed by atoms with Crippen molar-refractivity contribution in [2.24, 2.45) is 5.92 Å². The zero-order valence-electron chi connectivity index (χ0n) is 28.7. The first kappa shape index (κ1) is 43.2. The summed E-state index contributed by atoms with van der Waals surface area (Å²) in [7, 11) is 2.20. The average molecular weight is 726 g/mol. The minimum atomic E-state index is -1.58. The summed E-state index contributed by atoms with van der Waals surface area (Å²) < 4.78 is 14.5. The highest BCUT2D eigenvalue weighted by Gasteiger charge is 2.34. The van der Waals surface area contributed by atoms with E-state index in [0.717, 1.165) is 19.8 Å². The summed E-state index contributed by atoms with van der Waals surface area (Å²) in [6.07, 6.45) is -1.65. The number of ether oxygens (including phenoxy) is 3. The Morgan fingerprint density at radius 1 is 0.720 bits per heavy atom. The van der Waals surface area contributed by atoms with Crippen LogP contribution in [-0.2, 0) is 54.4 Å². The standard InChI is InChI=1S/C32H47N5O12S/c1-6-18(3)26(37-32(46)49-16-19-11-9-8-10-12-19)30(43)34-21(13-14-24(38)47-4)28(41)33-20(7-2)27(40)35-22(15-25(39)48-5)29(42)36-23(17-50)31(44)45/h8-12,18,20-23,26,50H,6-7,13-17H2,1-5H3,(H,33,41)(H,34,43)(H,35,40)(H,36,42)(H,37,46)(H,44,45)/t18-,20-,21-,22-,23+,26-/m0/s1. The number of thiol groups is 1. The van der Waals surface area contributed by atoms with Crippen molar-refractivity contribution in [2.75, 3.05) is 20.0 Å². The summed E-state index contributed by atoms with van der Waals surface area (Å²) >= 11 is 3.88. The number of nitrogens with one attached hydrogen (secondary N) is 5. The quantitative estimate of drug-likeness (QED) is 0.0511. The molecule has 0 heterocycles. The second-order valence-corrected chi connectivity index (χ2v) is 11.5. The lowest BCUT2D eigenvalue weighted by Crippen LogP contribution is -2.59. The Morgan fingerprint density at radius 2 is 1.26 bits per heavy atom. The number of hydrogen-bond acceptors (Lipinski definition) is 12. The van der Waals surface area contributed by atoms with Gasteiger partial charge in [-0.2, -0.15) is 12.6 Å². The van der Waals surface area contributed by atoms with Crippen LogP contribution in [-0.4, -0.2) is 103 Å². The third-order valence-electron chi connectivity index (χ3n) is 7.55. The van der Waals surface area contributed by atoms with Crippen LogP contribution in [0.3, 0.4) is 0 Å². The highest BCUT2D eigenvalue weighted by atomic mass is 32.1. The van der Waals surface area contributed by atoms with E-state index in [1.54, 1.807) is 44.2 Å². The Hall–Kier alpha value is -4.87. The summed E-state index contributed by atoms with van der Waals surface area (Å²) in [5, 5.41) is 21.3. The van der Waals surface area contributed by atoms with Gasteiger partial charge < -0.3 is 45.9 Å². The minimum Gasteiger partial charge on any atom is -0.480 e. The third kappa shape index (κ3) is 15.1. The minimum absolute atomic E-state index is 0.0273. The number of esters is 2. The van der Waals surface area contributed by atoms with Crippen molar-refractivity contribution in [3.63, 3.8) is 0 Å². The summed E-state index contributed by atoms with van der Waals surface area (Å²) in [6.45, 7) is 4.98. The van der Waals surface area contributed by atoms with E-state index < -0.39 is 90.2 Å². The second-order valence-electron chi connectivity index (χ2n) is 11.1. The van der Waals surface area contributed by atoms with Gasteiger partial charge in [-0.05, 0) is 24.3 Å². The zero-order valence-corrected chi connectivity index (χ0v) is 29.6. The van der Waals surface area contributed by atoms with Crippen LogP contribution >= 0.6 is 12.6 Å². The van der Waals surface area contributed by atoms with Gasteiger partial charge in [0.05, 0.1) is 20.6 Å². The van der Waals surface area contributed by atoms with Crippen LogP contribution in [0, 0.1) is 5.92 Å². The summed E-state index contributed by atoms with van der Waals surface area (Å²) in [5.41, 5.74) is 0.723. The number of aliphatic carboxylic acids is 1. The van der Waals surface area contributed by atoms with Crippen LogP contribution in [0.15, 0.2) is 30.3 Å². The Labute approximate surface area is 295 Å². The van der Waals surface area contributed by atoms with Crippen molar-refractivity contribution in [1.82, 2.24) is 26.6 Å². The smallest absolute Gasteiger partial charge is 0.408 e. The molecule has 1 aromatic rings. The molecule has 278 valence electrons. The molecule has 1 aromatic carbocycles. The molecule has 0 saturated heterocycles. The van der Waals surface area contributed by atoms with Crippen molar-refractivity contribution >= 4 is 60.3 Å². The number of amides is 5. The van der Waals surface area contributed by atoms with Crippen molar-refractivity contribution < 1.29 is 57.7 Å². The highest BCUT2D eigenvalue weighted by Crippen LogP contribution is 2.11. The number of carbonyl (C=O) groups is 8. The lowest BCUT2D eigenvalue weighted by Gasteiger charge is -2.27. The van der Waals surface area contributed by atoms with Gasteiger partial charge in [-0.15, -0.1) is 0 Å². The molecule has 0 aliphatic heterocycles. The summed E-state index contributed by atoms with van der Waals surface area (Å²) in [6, 6.07) is 2.01. The Morgan fingerprint density at radius 3 is 1.80 bits per heavy atom. The maximum absolute atomic E-state index is 13.5. The fourth-order valence-corrected chi connectivity index (χ4v) is 4.55.